The molecule has 0 fully saturated rings. The molecule has 1 atom stereocenters. The van der Waals surface area contributed by atoms with E-state index in [-0.39, 0.29) is 0 Å². The van der Waals surface area contributed by atoms with Crippen molar-refractivity contribution in [2.45, 2.75) is 18.9 Å². The van der Waals surface area contributed by atoms with Crippen molar-refractivity contribution in [1.29, 1.82) is 0 Å². The van der Waals surface area contributed by atoms with Crippen LogP contribution in [-0.2, 0) is 12.0 Å². The zero-order valence-corrected chi connectivity index (χ0v) is 11.8. The lowest BCUT2D eigenvalue weighted by Gasteiger charge is -2.26. The summed E-state index contributed by atoms with van der Waals surface area (Å²) in [5.41, 5.74) is 7.96. The summed E-state index contributed by atoms with van der Waals surface area (Å²) in [7, 11) is 1.65. The van der Waals surface area contributed by atoms with Gasteiger partial charge in [-0.05, 0) is 42.7 Å². The van der Waals surface area contributed by atoms with Crippen molar-refractivity contribution in [1.82, 2.24) is 4.98 Å². The van der Waals surface area contributed by atoms with E-state index in [2.05, 4.69) is 4.98 Å². The molecular weight excluding hydrogens is 260 g/mol. The summed E-state index contributed by atoms with van der Waals surface area (Å²) < 4.78 is 5.15. The third-order valence-corrected chi connectivity index (χ3v) is 3.50. The molecule has 0 aliphatic heterocycles. The van der Waals surface area contributed by atoms with Crippen molar-refractivity contribution in [3.63, 3.8) is 0 Å². The third-order valence-electron chi connectivity index (χ3n) is 3.16. The maximum atomic E-state index is 6.41. The molecule has 0 aliphatic carbocycles. The number of aromatic nitrogens is 1. The Kier molecular flexibility index (Phi) is 4.08. The van der Waals surface area contributed by atoms with Crippen molar-refractivity contribution >= 4 is 11.6 Å². The van der Waals surface area contributed by atoms with Gasteiger partial charge in [-0.25, -0.2) is 0 Å². The van der Waals surface area contributed by atoms with Crippen molar-refractivity contribution in [3.05, 3.63) is 58.9 Å². The number of hydrogen-bond donors (Lipinski definition) is 1. The number of pyridine rings is 1. The number of nitrogens with zero attached hydrogens (tertiary/aromatic N) is 1. The van der Waals surface area contributed by atoms with Crippen LogP contribution in [0.25, 0.3) is 0 Å². The van der Waals surface area contributed by atoms with E-state index in [1.807, 2.05) is 37.3 Å². The Morgan fingerprint density at radius 3 is 2.53 bits per heavy atom. The van der Waals surface area contributed by atoms with Crippen molar-refractivity contribution in [2.24, 2.45) is 5.73 Å². The van der Waals surface area contributed by atoms with Crippen LogP contribution in [0.2, 0.25) is 5.02 Å². The summed E-state index contributed by atoms with van der Waals surface area (Å²) in [5, 5.41) is 0.646. The molecular formula is C15H17ClN2O. The Hall–Kier alpha value is -1.58. The molecule has 2 aromatic rings. The van der Waals surface area contributed by atoms with Crippen LogP contribution < -0.4 is 10.5 Å². The zero-order valence-electron chi connectivity index (χ0n) is 11.1. The van der Waals surface area contributed by atoms with Gasteiger partial charge in [0.1, 0.15) is 5.75 Å². The monoisotopic (exact) mass is 276 g/mol. The van der Waals surface area contributed by atoms with Gasteiger partial charge in [-0.3, -0.25) is 4.98 Å². The second-order valence-corrected chi connectivity index (χ2v) is 5.20. The quantitative estimate of drug-likeness (QED) is 0.933. The lowest BCUT2D eigenvalue weighted by atomic mass is 9.87. The molecule has 0 spiro atoms. The molecule has 0 aliphatic rings. The number of rotatable bonds is 4. The normalized spacial score (nSPS) is 13.9. The van der Waals surface area contributed by atoms with Gasteiger partial charge in [-0.2, -0.15) is 0 Å². The first-order chi connectivity index (χ1) is 9.03. The Morgan fingerprint density at radius 2 is 1.95 bits per heavy atom. The molecule has 2 N–H and O–H groups in total. The Bertz CT molecular complexity index is 552. The van der Waals surface area contributed by atoms with Gasteiger partial charge >= 0.3 is 0 Å². The first kappa shape index (κ1) is 13.8. The average molecular weight is 277 g/mol. The Morgan fingerprint density at radius 1 is 1.26 bits per heavy atom. The van der Waals surface area contributed by atoms with E-state index in [4.69, 9.17) is 22.1 Å². The molecule has 100 valence electrons. The molecule has 0 radical (unpaired) electrons. The molecule has 1 aromatic heterocycles. The smallest absolute Gasteiger partial charge is 0.118 e. The molecule has 0 saturated heterocycles. The summed E-state index contributed by atoms with van der Waals surface area (Å²) in [6, 6.07) is 9.68. The highest BCUT2D eigenvalue weighted by atomic mass is 35.5. The molecule has 1 aromatic carbocycles. The number of benzene rings is 1. The molecule has 1 heterocycles. The number of nitrogens with two attached hydrogens (primary N) is 1. The lowest BCUT2D eigenvalue weighted by Crippen LogP contribution is -2.35. The van der Waals surface area contributed by atoms with E-state index in [1.54, 1.807) is 19.5 Å². The van der Waals surface area contributed by atoms with Gasteiger partial charge in [0.15, 0.2) is 0 Å². The van der Waals surface area contributed by atoms with Crippen molar-refractivity contribution in [2.75, 3.05) is 7.11 Å². The minimum atomic E-state index is -0.489. The van der Waals surface area contributed by atoms with Gasteiger partial charge in [0, 0.05) is 17.9 Å². The summed E-state index contributed by atoms with van der Waals surface area (Å²) >= 11 is 6.13. The molecule has 0 bridgehead atoms. The highest BCUT2D eigenvalue weighted by Gasteiger charge is 2.22. The first-order valence-electron chi connectivity index (χ1n) is 6.05. The fourth-order valence-corrected chi connectivity index (χ4v) is 2.20. The molecule has 1 unspecified atom stereocenters. The predicted octanol–water partition coefficient (Wildman–Crippen LogP) is 3.16. The Balaban J connectivity index is 2.24. The maximum Gasteiger partial charge on any atom is 0.118 e. The number of methoxy groups -OCH3 is 1. The predicted molar refractivity (Wildman–Crippen MR) is 77.5 cm³/mol. The highest BCUT2D eigenvalue weighted by Crippen LogP contribution is 2.27. The van der Waals surface area contributed by atoms with E-state index in [0.29, 0.717) is 11.4 Å². The van der Waals surface area contributed by atoms with Gasteiger partial charge in [0.2, 0.25) is 0 Å². The van der Waals surface area contributed by atoms with E-state index in [9.17, 15) is 0 Å². The molecule has 19 heavy (non-hydrogen) atoms. The van der Waals surface area contributed by atoms with Gasteiger partial charge < -0.3 is 10.5 Å². The largest absolute Gasteiger partial charge is 0.497 e. The molecule has 2 rings (SSSR count). The van der Waals surface area contributed by atoms with Gasteiger partial charge in [-0.15, -0.1) is 0 Å². The summed E-state index contributed by atoms with van der Waals surface area (Å²) in [6.07, 6.45) is 4.02. The van der Waals surface area contributed by atoms with Crippen LogP contribution in [0.1, 0.15) is 18.1 Å². The SMILES string of the molecule is COc1ccc(C(C)(N)Cc2ccncc2Cl)cc1. The minimum absolute atomic E-state index is 0.489. The highest BCUT2D eigenvalue weighted by molar-refractivity contribution is 6.31. The van der Waals surface area contributed by atoms with Crippen LogP contribution >= 0.6 is 11.6 Å². The van der Waals surface area contributed by atoms with Crippen LogP contribution in [0.4, 0.5) is 0 Å². The third kappa shape index (κ3) is 3.25. The van der Waals surface area contributed by atoms with E-state index in [0.717, 1.165) is 16.9 Å². The standard InChI is InChI=1S/C15H17ClN2O/c1-15(17,9-11-7-8-18-10-14(11)16)12-3-5-13(19-2)6-4-12/h3-8,10H,9,17H2,1-2H3. The second kappa shape index (κ2) is 5.59. The van der Waals surface area contributed by atoms with Crippen molar-refractivity contribution < 1.29 is 4.74 Å². The lowest BCUT2D eigenvalue weighted by molar-refractivity contribution is 0.413. The average Bonchev–Trinajstić information content (AvgIpc) is 2.41. The van der Waals surface area contributed by atoms with Crippen molar-refractivity contribution in [3.8, 4) is 5.75 Å². The molecule has 4 heteroatoms. The summed E-state index contributed by atoms with van der Waals surface area (Å²) in [6.45, 7) is 1.99. The number of ether oxygens (including phenoxy) is 1. The fourth-order valence-electron chi connectivity index (χ4n) is 2.02. The second-order valence-electron chi connectivity index (χ2n) is 4.79. The molecule has 3 nitrogen and oxygen atoms in total. The maximum absolute atomic E-state index is 6.41. The van der Waals surface area contributed by atoms with Crippen LogP contribution in [-0.4, -0.2) is 12.1 Å². The van der Waals surface area contributed by atoms with Crippen LogP contribution in [0.3, 0.4) is 0 Å². The van der Waals surface area contributed by atoms with Gasteiger partial charge in [0.25, 0.3) is 0 Å². The molecule has 0 saturated carbocycles. The van der Waals surface area contributed by atoms with E-state index >= 15 is 0 Å². The van der Waals surface area contributed by atoms with Crippen LogP contribution in [0.5, 0.6) is 5.75 Å². The minimum Gasteiger partial charge on any atom is -0.497 e. The zero-order chi connectivity index (χ0) is 13.9. The van der Waals surface area contributed by atoms with Crippen LogP contribution in [0.15, 0.2) is 42.7 Å². The van der Waals surface area contributed by atoms with E-state index in [1.165, 1.54) is 0 Å². The van der Waals surface area contributed by atoms with E-state index < -0.39 is 5.54 Å². The Labute approximate surface area is 118 Å². The fraction of sp³-hybridized carbons (Fsp3) is 0.267. The van der Waals surface area contributed by atoms with Crippen LogP contribution in [0, 0.1) is 0 Å². The summed E-state index contributed by atoms with van der Waals surface area (Å²) in [5.74, 6) is 0.821. The van der Waals surface area contributed by atoms with Gasteiger partial charge in [0.05, 0.1) is 12.1 Å². The summed E-state index contributed by atoms with van der Waals surface area (Å²) in [4.78, 5) is 3.98. The van der Waals surface area contributed by atoms with Gasteiger partial charge in [-0.1, -0.05) is 23.7 Å². The first-order valence-corrected chi connectivity index (χ1v) is 6.42. The molecule has 0 amide bonds. The number of halogens is 1. The topological polar surface area (TPSA) is 48.1 Å². The number of hydrogen-bond acceptors (Lipinski definition) is 3.